The van der Waals surface area contributed by atoms with Gasteiger partial charge in [-0.25, -0.2) is 0 Å². The first kappa shape index (κ1) is 10.7. The minimum atomic E-state index is 0.337. The number of hydrogen-bond acceptors (Lipinski definition) is 3. The molecule has 0 amide bonds. The standard InChI is InChI=1S/C12H19NO2/c1-3-13-12(10-4-6-14-8-10)11-5-7-15-9(11)2/h4,6,8-9,11-13H,3,5,7H2,1-2H3. The van der Waals surface area contributed by atoms with E-state index in [0.29, 0.717) is 18.1 Å². The van der Waals surface area contributed by atoms with E-state index in [-0.39, 0.29) is 0 Å². The van der Waals surface area contributed by atoms with E-state index in [1.807, 2.05) is 12.3 Å². The molecule has 1 N–H and O–H groups in total. The summed E-state index contributed by atoms with van der Waals surface area (Å²) < 4.78 is 10.8. The first-order valence-electron chi connectivity index (χ1n) is 5.70. The second-order valence-corrected chi connectivity index (χ2v) is 4.12. The summed E-state index contributed by atoms with van der Waals surface area (Å²) >= 11 is 0. The lowest BCUT2D eigenvalue weighted by Gasteiger charge is -2.25. The Labute approximate surface area is 90.8 Å². The van der Waals surface area contributed by atoms with Gasteiger partial charge in [-0.1, -0.05) is 6.92 Å². The molecule has 1 aromatic heterocycles. The maximum Gasteiger partial charge on any atom is 0.0950 e. The van der Waals surface area contributed by atoms with Crippen molar-refractivity contribution in [2.75, 3.05) is 13.2 Å². The summed E-state index contributed by atoms with van der Waals surface area (Å²) in [5.41, 5.74) is 1.24. The lowest BCUT2D eigenvalue weighted by molar-refractivity contribution is 0.0955. The second kappa shape index (κ2) is 4.81. The maximum atomic E-state index is 5.62. The van der Waals surface area contributed by atoms with Gasteiger partial charge in [-0.2, -0.15) is 0 Å². The van der Waals surface area contributed by atoms with Crippen molar-refractivity contribution in [1.29, 1.82) is 0 Å². The van der Waals surface area contributed by atoms with Gasteiger partial charge in [0.25, 0.3) is 0 Å². The topological polar surface area (TPSA) is 34.4 Å². The van der Waals surface area contributed by atoms with Gasteiger partial charge in [0.1, 0.15) is 0 Å². The van der Waals surface area contributed by atoms with E-state index in [0.717, 1.165) is 19.6 Å². The first-order valence-corrected chi connectivity index (χ1v) is 5.70. The predicted molar refractivity (Wildman–Crippen MR) is 58.6 cm³/mol. The highest BCUT2D eigenvalue weighted by Crippen LogP contribution is 2.33. The van der Waals surface area contributed by atoms with Crippen LogP contribution in [0.25, 0.3) is 0 Å². The van der Waals surface area contributed by atoms with Crippen molar-refractivity contribution in [3.8, 4) is 0 Å². The molecule has 1 fully saturated rings. The molecule has 1 aliphatic rings. The number of nitrogens with one attached hydrogen (secondary N) is 1. The van der Waals surface area contributed by atoms with E-state index in [9.17, 15) is 0 Å². The SMILES string of the molecule is CCNC(c1ccoc1)C1CCOC1C. The summed E-state index contributed by atoms with van der Waals surface area (Å²) in [5, 5.41) is 3.52. The molecule has 3 heteroatoms. The number of rotatable bonds is 4. The summed E-state index contributed by atoms with van der Waals surface area (Å²) in [6, 6.07) is 2.41. The van der Waals surface area contributed by atoms with Crippen molar-refractivity contribution in [2.24, 2.45) is 5.92 Å². The molecule has 0 spiro atoms. The Morgan fingerprint density at radius 2 is 2.47 bits per heavy atom. The van der Waals surface area contributed by atoms with Crippen LogP contribution in [-0.4, -0.2) is 19.3 Å². The number of furan rings is 1. The Bertz CT molecular complexity index is 284. The van der Waals surface area contributed by atoms with Crippen molar-refractivity contribution in [2.45, 2.75) is 32.4 Å². The summed E-state index contributed by atoms with van der Waals surface area (Å²) in [6.07, 6.45) is 5.03. The number of hydrogen-bond donors (Lipinski definition) is 1. The third-order valence-electron chi connectivity index (χ3n) is 3.19. The maximum absolute atomic E-state index is 5.62. The molecule has 15 heavy (non-hydrogen) atoms. The summed E-state index contributed by atoms with van der Waals surface area (Å²) in [5.74, 6) is 0.558. The quantitative estimate of drug-likeness (QED) is 0.826. The Hall–Kier alpha value is -0.800. The van der Waals surface area contributed by atoms with E-state index in [1.54, 1.807) is 6.26 Å². The van der Waals surface area contributed by atoms with Crippen molar-refractivity contribution >= 4 is 0 Å². The van der Waals surface area contributed by atoms with Gasteiger partial charge in [0.2, 0.25) is 0 Å². The highest BCUT2D eigenvalue weighted by atomic mass is 16.5. The molecule has 2 rings (SSSR count). The molecule has 0 aliphatic carbocycles. The Balaban J connectivity index is 2.12. The fourth-order valence-corrected chi connectivity index (χ4v) is 2.37. The van der Waals surface area contributed by atoms with E-state index >= 15 is 0 Å². The average molecular weight is 209 g/mol. The molecule has 1 aromatic rings. The molecule has 3 unspecified atom stereocenters. The molecule has 0 radical (unpaired) electrons. The van der Waals surface area contributed by atoms with Crippen LogP contribution in [0.5, 0.6) is 0 Å². The molecule has 3 nitrogen and oxygen atoms in total. The molecule has 1 saturated heterocycles. The smallest absolute Gasteiger partial charge is 0.0950 e. The van der Waals surface area contributed by atoms with Crippen LogP contribution in [0.3, 0.4) is 0 Å². The molecular weight excluding hydrogens is 190 g/mol. The van der Waals surface area contributed by atoms with Crippen LogP contribution in [0.15, 0.2) is 23.0 Å². The summed E-state index contributed by atoms with van der Waals surface area (Å²) in [6.45, 7) is 6.14. The van der Waals surface area contributed by atoms with Gasteiger partial charge in [-0.15, -0.1) is 0 Å². The molecule has 1 aliphatic heterocycles. The van der Waals surface area contributed by atoms with Crippen LogP contribution in [0.2, 0.25) is 0 Å². The first-order chi connectivity index (χ1) is 7.33. The summed E-state index contributed by atoms with van der Waals surface area (Å²) in [7, 11) is 0. The van der Waals surface area contributed by atoms with Crippen LogP contribution in [-0.2, 0) is 4.74 Å². The minimum absolute atomic E-state index is 0.337. The molecule has 0 saturated carbocycles. The average Bonchev–Trinajstić information content (AvgIpc) is 2.85. The Morgan fingerprint density at radius 3 is 3.00 bits per heavy atom. The second-order valence-electron chi connectivity index (χ2n) is 4.12. The highest BCUT2D eigenvalue weighted by Gasteiger charge is 2.32. The van der Waals surface area contributed by atoms with Crippen LogP contribution in [0.1, 0.15) is 31.9 Å². The highest BCUT2D eigenvalue weighted by molar-refractivity contribution is 5.14. The monoisotopic (exact) mass is 209 g/mol. The third-order valence-corrected chi connectivity index (χ3v) is 3.19. The lowest BCUT2D eigenvalue weighted by atomic mass is 9.89. The zero-order chi connectivity index (χ0) is 10.7. The van der Waals surface area contributed by atoms with Crippen molar-refractivity contribution in [1.82, 2.24) is 5.32 Å². The van der Waals surface area contributed by atoms with Crippen LogP contribution in [0.4, 0.5) is 0 Å². The zero-order valence-electron chi connectivity index (χ0n) is 9.40. The van der Waals surface area contributed by atoms with Gasteiger partial charge in [0.15, 0.2) is 0 Å². The molecule has 84 valence electrons. The summed E-state index contributed by atoms with van der Waals surface area (Å²) in [4.78, 5) is 0. The van der Waals surface area contributed by atoms with Gasteiger partial charge in [-0.05, 0) is 26.0 Å². The van der Waals surface area contributed by atoms with Crippen LogP contribution >= 0.6 is 0 Å². The van der Waals surface area contributed by atoms with Crippen molar-refractivity contribution < 1.29 is 9.15 Å². The largest absolute Gasteiger partial charge is 0.472 e. The lowest BCUT2D eigenvalue weighted by Crippen LogP contribution is -2.31. The van der Waals surface area contributed by atoms with Gasteiger partial charge in [0.05, 0.1) is 18.6 Å². The molecule has 3 atom stereocenters. The molecule has 0 bridgehead atoms. The predicted octanol–water partition coefficient (Wildman–Crippen LogP) is 2.36. The normalized spacial score (nSPS) is 28.1. The van der Waals surface area contributed by atoms with Gasteiger partial charge in [0, 0.05) is 24.1 Å². The fourth-order valence-electron chi connectivity index (χ4n) is 2.37. The zero-order valence-corrected chi connectivity index (χ0v) is 9.40. The minimum Gasteiger partial charge on any atom is -0.472 e. The van der Waals surface area contributed by atoms with E-state index < -0.39 is 0 Å². The van der Waals surface area contributed by atoms with Crippen molar-refractivity contribution in [3.05, 3.63) is 24.2 Å². The van der Waals surface area contributed by atoms with E-state index in [1.165, 1.54) is 5.56 Å². The van der Waals surface area contributed by atoms with Gasteiger partial charge < -0.3 is 14.5 Å². The van der Waals surface area contributed by atoms with E-state index in [4.69, 9.17) is 9.15 Å². The third kappa shape index (κ3) is 2.24. The Morgan fingerprint density at radius 1 is 1.60 bits per heavy atom. The molecule has 2 heterocycles. The number of ether oxygens (including phenoxy) is 1. The van der Waals surface area contributed by atoms with Gasteiger partial charge >= 0.3 is 0 Å². The molecular formula is C12H19NO2. The van der Waals surface area contributed by atoms with Crippen LogP contribution < -0.4 is 5.32 Å². The molecule has 0 aromatic carbocycles. The van der Waals surface area contributed by atoms with Crippen LogP contribution in [0, 0.1) is 5.92 Å². The van der Waals surface area contributed by atoms with E-state index in [2.05, 4.69) is 19.2 Å². The van der Waals surface area contributed by atoms with Gasteiger partial charge in [-0.3, -0.25) is 0 Å². The Kier molecular flexibility index (Phi) is 3.44. The fraction of sp³-hybridized carbons (Fsp3) is 0.667. The van der Waals surface area contributed by atoms with Crippen molar-refractivity contribution in [3.63, 3.8) is 0 Å².